The lowest BCUT2D eigenvalue weighted by Crippen LogP contribution is -2.42. The van der Waals surface area contributed by atoms with E-state index in [2.05, 4.69) is 34.3 Å². The molecule has 2 rings (SSSR count). The molecule has 4 nitrogen and oxygen atoms in total. The van der Waals surface area contributed by atoms with E-state index in [1.54, 1.807) is 6.20 Å². The predicted octanol–water partition coefficient (Wildman–Crippen LogP) is 1.68. The van der Waals surface area contributed by atoms with Gasteiger partial charge in [0.1, 0.15) is 0 Å². The molecule has 1 aliphatic rings. The molecule has 2 heterocycles. The Bertz CT molecular complexity index is 340. The summed E-state index contributed by atoms with van der Waals surface area (Å²) in [4.78, 5) is 2.48. The van der Waals surface area contributed by atoms with Crippen molar-refractivity contribution < 1.29 is 0 Å². The quantitative estimate of drug-likeness (QED) is 0.841. The molecular weight excluding hydrogens is 200 g/mol. The van der Waals surface area contributed by atoms with E-state index in [-0.39, 0.29) is 0 Å². The lowest BCUT2D eigenvalue weighted by Gasteiger charge is -2.32. The predicted molar refractivity (Wildman–Crippen MR) is 65.5 cm³/mol. The first-order chi connectivity index (χ1) is 7.79. The normalized spacial score (nSPS) is 22.0. The Morgan fingerprint density at radius 2 is 2.44 bits per heavy atom. The standard InChI is InChI=1S/C12H20N4/c1-3-16-8-4-5-11(9-16)14-12-10(2)6-7-13-15-12/h6-7,11H,3-5,8-9H2,1-2H3,(H,14,15). The van der Waals surface area contributed by atoms with Crippen LogP contribution in [0.15, 0.2) is 12.3 Å². The zero-order chi connectivity index (χ0) is 11.4. The minimum atomic E-state index is 0.518. The Morgan fingerprint density at radius 1 is 1.56 bits per heavy atom. The third-order valence-electron chi connectivity index (χ3n) is 3.22. The second-order valence-electron chi connectivity index (χ2n) is 4.44. The van der Waals surface area contributed by atoms with Crippen LogP contribution in [0.3, 0.4) is 0 Å². The van der Waals surface area contributed by atoms with E-state index < -0.39 is 0 Å². The molecule has 0 amide bonds. The zero-order valence-electron chi connectivity index (χ0n) is 10.1. The van der Waals surface area contributed by atoms with Gasteiger partial charge in [-0.15, -0.1) is 5.10 Å². The Balaban J connectivity index is 1.97. The van der Waals surface area contributed by atoms with E-state index in [1.807, 2.05) is 6.07 Å². The number of rotatable bonds is 3. The average molecular weight is 220 g/mol. The number of nitrogens with zero attached hydrogens (tertiary/aromatic N) is 3. The minimum absolute atomic E-state index is 0.518. The second-order valence-corrected chi connectivity index (χ2v) is 4.44. The van der Waals surface area contributed by atoms with Gasteiger partial charge in [-0.05, 0) is 44.5 Å². The highest BCUT2D eigenvalue weighted by Gasteiger charge is 2.19. The van der Waals surface area contributed by atoms with Crippen LogP contribution in [0.1, 0.15) is 25.3 Å². The highest BCUT2D eigenvalue weighted by Crippen LogP contribution is 2.16. The molecule has 0 saturated carbocycles. The van der Waals surface area contributed by atoms with Crippen LogP contribution in [0, 0.1) is 6.92 Å². The fourth-order valence-electron chi connectivity index (χ4n) is 2.19. The van der Waals surface area contributed by atoms with Gasteiger partial charge in [-0.1, -0.05) is 6.92 Å². The number of likely N-dealkylation sites (N-methyl/N-ethyl adjacent to an activating group) is 1. The number of aryl methyl sites for hydroxylation is 1. The summed E-state index contributed by atoms with van der Waals surface area (Å²) in [6, 6.07) is 2.51. The maximum Gasteiger partial charge on any atom is 0.151 e. The third-order valence-corrected chi connectivity index (χ3v) is 3.22. The molecule has 16 heavy (non-hydrogen) atoms. The van der Waals surface area contributed by atoms with Crippen LogP contribution >= 0.6 is 0 Å². The van der Waals surface area contributed by atoms with Crippen LogP contribution in [0.2, 0.25) is 0 Å². The smallest absolute Gasteiger partial charge is 0.151 e. The molecule has 1 N–H and O–H groups in total. The summed E-state index contributed by atoms with van der Waals surface area (Å²) in [7, 11) is 0. The van der Waals surface area contributed by atoms with Crippen molar-refractivity contribution >= 4 is 5.82 Å². The molecule has 4 heteroatoms. The highest BCUT2D eigenvalue weighted by molar-refractivity contribution is 5.42. The fraction of sp³-hybridized carbons (Fsp3) is 0.667. The van der Waals surface area contributed by atoms with Crippen LogP contribution in [-0.4, -0.2) is 40.8 Å². The number of hydrogen-bond donors (Lipinski definition) is 1. The lowest BCUT2D eigenvalue weighted by atomic mass is 10.1. The van der Waals surface area contributed by atoms with Gasteiger partial charge >= 0.3 is 0 Å². The Morgan fingerprint density at radius 3 is 3.19 bits per heavy atom. The van der Waals surface area contributed by atoms with Crippen molar-refractivity contribution in [2.24, 2.45) is 0 Å². The molecule has 0 radical (unpaired) electrons. The van der Waals surface area contributed by atoms with E-state index in [1.165, 1.54) is 24.9 Å². The average Bonchev–Trinajstić information content (AvgIpc) is 2.32. The summed E-state index contributed by atoms with van der Waals surface area (Å²) >= 11 is 0. The molecule has 1 atom stereocenters. The summed E-state index contributed by atoms with van der Waals surface area (Å²) in [6.45, 7) is 7.77. The zero-order valence-corrected chi connectivity index (χ0v) is 10.1. The summed E-state index contributed by atoms with van der Waals surface area (Å²) in [6.07, 6.45) is 4.23. The minimum Gasteiger partial charge on any atom is -0.364 e. The van der Waals surface area contributed by atoms with Crippen LogP contribution in [-0.2, 0) is 0 Å². The Kier molecular flexibility index (Phi) is 3.72. The van der Waals surface area contributed by atoms with E-state index in [0.29, 0.717) is 6.04 Å². The number of aromatic nitrogens is 2. The van der Waals surface area contributed by atoms with Crippen molar-refractivity contribution in [2.45, 2.75) is 32.7 Å². The van der Waals surface area contributed by atoms with E-state index in [4.69, 9.17) is 0 Å². The molecular formula is C12H20N4. The molecule has 1 fully saturated rings. The van der Waals surface area contributed by atoms with Crippen molar-refractivity contribution in [1.29, 1.82) is 0 Å². The van der Waals surface area contributed by atoms with Crippen LogP contribution in [0.25, 0.3) is 0 Å². The van der Waals surface area contributed by atoms with Gasteiger partial charge < -0.3 is 10.2 Å². The van der Waals surface area contributed by atoms with E-state index >= 15 is 0 Å². The molecule has 0 spiro atoms. The van der Waals surface area contributed by atoms with Gasteiger partial charge in [0.2, 0.25) is 0 Å². The van der Waals surface area contributed by atoms with E-state index in [9.17, 15) is 0 Å². The number of nitrogens with one attached hydrogen (secondary N) is 1. The van der Waals surface area contributed by atoms with Crippen molar-refractivity contribution in [3.8, 4) is 0 Å². The molecule has 0 aromatic carbocycles. The van der Waals surface area contributed by atoms with Gasteiger partial charge in [0.25, 0.3) is 0 Å². The van der Waals surface area contributed by atoms with E-state index in [0.717, 1.165) is 18.9 Å². The largest absolute Gasteiger partial charge is 0.364 e. The molecule has 1 aromatic rings. The maximum atomic E-state index is 4.14. The molecule has 1 saturated heterocycles. The monoisotopic (exact) mass is 220 g/mol. The Labute approximate surface area is 97.1 Å². The molecule has 1 aromatic heterocycles. The van der Waals surface area contributed by atoms with Crippen molar-refractivity contribution in [2.75, 3.05) is 25.0 Å². The first-order valence-corrected chi connectivity index (χ1v) is 6.06. The molecule has 0 bridgehead atoms. The Hall–Kier alpha value is -1.16. The van der Waals surface area contributed by atoms with Crippen molar-refractivity contribution in [3.05, 3.63) is 17.8 Å². The van der Waals surface area contributed by atoms with Gasteiger partial charge in [0, 0.05) is 12.6 Å². The van der Waals surface area contributed by atoms with Crippen LogP contribution in [0.5, 0.6) is 0 Å². The number of hydrogen-bond acceptors (Lipinski definition) is 4. The van der Waals surface area contributed by atoms with Gasteiger partial charge in [-0.2, -0.15) is 5.10 Å². The third kappa shape index (κ3) is 2.70. The lowest BCUT2D eigenvalue weighted by molar-refractivity contribution is 0.226. The number of anilines is 1. The first-order valence-electron chi connectivity index (χ1n) is 6.06. The summed E-state index contributed by atoms with van der Waals surface area (Å²) in [5.74, 6) is 0.936. The molecule has 88 valence electrons. The van der Waals surface area contributed by atoms with Gasteiger partial charge in [0.15, 0.2) is 5.82 Å². The second kappa shape index (κ2) is 5.25. The maximum absolute atomic E-state index is 4.14. The molecule has 0 aliphatic carbocycles. The van der Waals surface area contributed by atoms with Gasteiger partial charge in [-0.25, -0.2) is 0 Å². The first kappa shape index (κ1) is 11.3. The number of likely N-dealkylation sites (tertiary alicyclic amines) is 1. The fourth-order valence-corrected chi connectivity index (χ4v) is 2.19. The van der Waals surface area contributed by atoms with Crippen LogP contribution in [0.4, 0.5) is 5.82 Å². The highest BCUT2D eigenvalue weighted by atomic mass is 15.2. The van der Waals surface area contributed by atoms with Crippen molar-refractivity contribution in [3.63, 3.8) is 0 Å². The topological polar surface area (TPSA) is 41.0 Å². The van der Waals surface area contributed by atoms with Crippen LogP contribution < -0.4 is 5.32 Å². The molecule has 1 unspecified atom stereocenters. The molecule has 1 aliphatic heterocycles. The van der Waals surface area contributed by atoms with Crippen molar-refractivity contribution in [1.82, 2.24) is 15.1 Å². The SMILES string of the molecule is CCN1CCCC(Nc2nnccc2C)C1. The summed E-state index contributed by atoms with van der Waals surface area (Å²) < 4.78 is 0. The summed E-state index contributed by atoms with van der Waals surface area (Å²) in [5.41, 5.74) is 1.17. The summed E-state index contributed by atoms with van der Waals surface area (Å²) in [5, 5.41) is 11.6. The van der Waals surface area contributed by atoms with Gasteiger partial charge in [0.05, 0.1) is 6.20 Å². The van der Waals surface area contributed by atoms with Gasteiger partial charge in [-0.3, -0.25) is 0 Å². The number of piperidine rings is 1.